The standard InChI is InChI=1S/C12H11BrIN3/c1-7-3-8(2)11(9(13)4-7)17-12-10(14)5-15-6-16-12/h3-6H,1-2H3,(H,15,16,17). The molecule has 2 aromatic rings. The molecule has 88 valence electrons. The summed E-state index contributed by atoms with van der Waals surface area (Å²) in [7, 11) is 0. The maximum atomic E-state index is 4.23. The number of nitrogens with one attached hydrogen (secondary N) is 1. The van der Waals surface area contributed by atoms with Crippen molar-refractivity contribution in [2.45, 2.75) is 13.8 Å². The van der Waals surface area contributed by atoms with Crippen LogP contribution in [-0.2, 0) is 0 Å². The molecule has 1 aromatic heterocycles. The molecule has 0 spiro atoms. The molecule has 2 rings (SSSR count). The minimum Gasteiger partial charge on any atom is -0.338 e. The van der Waals surface area contributed by atoms with Gasteiger partial charge in [-0.1, -0.05) is 6.07 Å². The van der Waals surface area contributed by atoms with Gasteiger partial charge in [-0.2, -0.15) is 0 Å². The highest BCUT2D eigenvalue weighted by Gasteiger charge is 2.08. The Morgan fingerprint density at radius 3 is 2.71 bits per heavy atom. The Hall–Kier alpha value is -0.690. The Labute approximate surface area is 122 Å². The number of benzene rings is 1. The maximum Gasteiger partial charge on any atom is 0.147 e. The first-order chi connectivity index (χ1) is 8.08. The number of aryl methyl sites for hydroxylation is 2. The molecule has 0 amide bonds. The Bertz CT molecular complexity index is 534. The van der Waals surface area contributed by atoms with E-state index in [1.165, 1.54) is 11.1 Å². The minimum absolute atomic E-state index is 0.827. The first-order valence-corrected chi connectivity index (χ1v) is 6.94. The maximum absolute atomic E-state index is 4.23. The number of anilines is 2. The lowest BCUT2D eigenvalue weighted by Gasteiger charge is -2.12. The third-order valence-corrected chi connectivity index (χ3v) is 3.76. The monoisotopic (exact) mass is 403 g/mol. The number of hydrogen-bond acceptors (Lipinski definition) is 3. The lowest BCUT2D eigenvalue weighted by molar-refractivity contribution is 1.15. The fourth-order valence-electron chi connectivity index (χ4n) is 1.60. The van der Waals surface area contributed by atoms with Gasteiger partial charge in [-0.3, -0.25) is 0 Å². The molecular formula is C12H11BrIN3. The lowest BCUT2D eigenvalue weighted by Crippen LogP contribution is -2.00. The molecule has 5 heteroatoms. The van der Waals surface area contributed by atoms with Crippen molar-refractivity contribution in [2.75, 3.05) is 5.32 Å². The Morgan fingerprint density at radius 2 is 2.06 bits per heavy atom. The van der Waals surface area contributed by atoms with Crippen molar-refractivity contribution in [3.63, 3.8) is 0 Å². The predicted octanol–water partition coefficient (Wildman–Crippen LogP) is 4.20. The van der Waals surface area contributed by atoms with Gasteiger partial charge in [-0.25, -0.2) is 9.97 Å². The van der Waals surface area contributed by atoms with Gasteiger partial charge in [0.1, 0.15) is 12.1 Å². The van der Waals surface area contributed by atoms with Crippen LogP contribution in [0.4, 0.5) is 11.5 Å². The van der Waals surface area contributed by atoms with Crippen LogP contribution in [0.5, 0.6) is 0 Å². The summed E-state index contributed by atoms with van der Waals surface area (Å²) in [5.41, 5.74) is 3.47. The van der Waals surface area contributed by atoms with Crippen molar-refractivity contribution in [1.29, 1.82) is 0 Å². The van der Waals surface area contributed by atoms with Gasteiger partial charge >= 0.3 is 0 Å². The second kappa shape index (κ2) is 5.30. The normalized spacial score (nSPS) is 10.4. The van der Waals surface area contributed by atoms with Crippen molar-refractivity contribution in [1.82, 2.24) is 9.97 Å². The molecule has 3 nitrogen and oxygen atoms in total. The van der Waals surface area contributed by atoms with Crippen molar-refractivity contribution in [2.24, 2.45) is 0 Å². The molecule has 1 aromatic carbocycles. The SMILES string of the molecule is Cc1cc(C)c(Nc2ncncc2I)c(Br)c1. The second-order valence-electron chi connectivity index (χ2n) is 3.78. The van der Waals surface area contributed by atoms with Crippen molar-refractivity contribution >= 4 is 50.0 Å². The summed E-state index contributed by atoms with van der Waals surface area (Å²) in [4.78, 5) is 8.20. The summed E-state index contributed by atoms with van der Waals surface area (Å²) >= 11 is 5.79. The summed E-state index contributed by atoms with van der Waals surface area (Å²) < 4.78 is 2.04. The molecule has 0 fully saturated rings. The molecule has 0 saturated heterocycles. The van der Waals surface area contributed by atoms with E-state index in [4.69, 9.17) is 0 Å². The molecule has 0 aliphatic heterocycles. The Balaban J connectivity index is 2.40. The van der Waals surface area contributed by atoms with Gasteiger partial charge in [0.25, 0.3) is 0 Å². The molecular weight excluding hydrogens is 393 g/mol. The van der Waals surface area contributed by atoms with E-state index in [0.717, 1.165) is 19.5 Å². The van der Waals surface area contributed by atoms with Crippen molar-refractivity contribution < 1.29 is 0 Å². The molecule has 0 unspecified atom stereocenters. The van der Waals surface area contributed by atoms with Crippen molar-refractivity contribution in [3.05, 3.63) is 43.8 Å². The average Bonchev–Trinajstić information content (AvgIpc) is 2.25. The average molecular weight is 404 g/mol. The largest absolute Gasteiger partial charge is 0.338 e. The van der Waals surface area contributed by atoms with Crippen LogP contribution < -0.4 is 5.32 Å². The summed E-state index contributed by atoms with van der Waals surface area (Å²) in [6, 6.07) is 4.23. The van der Waals surface area contributed by atoms with E-state index in [9.17, 15) is 0 Å². The molecule has 1 heterocycles. The van der Waals surface area contributed by atoms with E-state index in [1.54, 1.807) is 12.5 Å². The van der Waals surface area contributed by atoms with Crippen LogP contribution in [-0.4, -0.2) is 9.97 Å². The number of hydrogen-bond donors (Lipinski definition) is 1. The molecule has 0 aliphatic rings. The Kier molecular flexibility index (Phi) is 3.98. The van der Waals surface area contributed by atoms with Gasteiger partial charge < -0.3 is 5.32 Å². The molecule has 17 heavy (non-hydrogen) atoms. The molecule has 0 atom stereocenters. The quantitative estimate of drug-likeness (QED) is 0.763. The molecule has 0 bridgehead atoms. The smallest absolute Gasteiger partial charge is 0.147 e. The lowest BCUT2D eigenvalue weighted by atomic mass is 10.1. The first-order valence-electron chi connectivity index (χ1n) is 5.07. The van der Waals surface area contributed by atoms with Gasteiger partial charge in [0.2, 0.25) is 0 Å². The van der Waals surface area contributed by atoms with Crippen LogP contribution in [0.1, 0.15) is 11.1 Å². The zero-order chi connectivity index (χ0) is 12.4. The van der Waals surface area contributed by atoms with E-state index in [-0.39, 0.29) is 0 Å². The second-order valence-corrected chi connectivity index (χ2v) is 5.80. The predicted molar refractivity (Wildman–Crippen MR) is 81.6 cm³/mol. The van der Waals surface area contributed by atoms with E-state index in [0.29, 0.717) is 0 Å². The van der Waals surface area contributed by atoms with Crippen LogP contribution in [0.3, 0.4) is 0 Å². The van der Waals surface area contributed by atoms with Crippen LogP contribution in [0.2, 0.25) is 0 Å². The van der Waals surface area contributed by atoms with Crippen LogP contribution in [0.25, 0.3) is 0 Å². The molecule has 0 aliphatic carbocycles. The van der Waals surface area contributed by atoms with Gasteiger partial charge in [-0.15, -0.1) is 0 Å². The minimum atomic E-state index is 0.827. The highest BCUT2D eigenvalue weighted by molar-refractivity contribution is 14.1. The third kappa shape index (κ3) is 2.95. The van der Waals surface area contributed by atoms with E-state index >= 15 is 0 Å². The third-order valence-electron chi connectivity index (χ3n) is 2.34. The van der Waals surface area contributed by atoms with Gasteiger partial charge in [0.05, 0.1) is 9.26 Å². The van der Waals surface area contributed by atoms with E-state index < -0.39 is 0 Å². The number of rotatable bonds is 2. The summed E-state index contributed by atoms with van der Waals surface area (Å²) in [5, 5.41) is 3.33. The van der Waals surface area contributed by atoms with Crippen LogP contribution in [0.15, 0.2) is 29.1 Å². The van der Waals surface area contributed by atoms with Gasteiger partial charge in [0.15, 0.2) is 0 Å². The Morgan fingerprint density at radius 1 is 1.29 bits per heavy atom. The zero-order valence-corrected chi connectivity index (χ0v) is 13.2. The van der Waals surface area contributed by atoms with Gasteiger partial charge in [-0.05, 0) is 69.6 Å². The van der Waals surface area contributed by atoms with Crippen molar-refractivity contribution in [3.8, 4) is 0 Å². The fourth-order valence-corrected chi connectivity index (χ4v) is 2.80. The van der Waals surface area contributed by atoms with E-state index in [2.05, 4.69) is 79.8 Å². The number of halogens is 2. The van der Waals surface area contributed by atoms with Crippen LogP contribution >= 0.6 is 38.5 Å². The first kappa shape index (κ1) is 12.8. The number of aromatic nitrogens is 2. The topological polar surface area (TPSA) is 37.8 Å². The highest BCUT2D eigenvalue weighted by atomic mass is 127. The summed E-state index contributed by atoms with van der Waals surface area (Å²) in [6.07, 6.45) is 3.33. The highest BCUT2D eigenvalue weighted by Crippen LogP contribution is 2.30. The van der Waals surface area contributed by atoms with Gasteiger partial charge in [0, 0.05) is 10.7 Å². The molecule has 0 saturated carbocycles. The molecule has 1 N–H and O–H groups in total. The van der Waals surface area contributed by atoms with Crippen LogP contribution in [0, 0.1) is 17.4 Å². The van der Waals surface area contributed by atoms with E-state index in [1.807, 2.05) is 0 Å². The fraction of sp³-hybridized carbons (Fsp3) is 0.167. The zero-order valence-electron chi connectivity index (χ0n) is 9.46. The summed E-state index contributed by atoms with van der Waals surface area (Å²) in [6.45, 7) is 4.16. The number of nitrogens with zero attached hydrogens (tertiary/aromatic N) is 2. The molecule has 0 radical (unpaired) electrons. The summed E-state index contributed by atoms with van der Waals surface area (Å²) in [5.74, 6) is 0.827.